The highest BCUT2D eigenvalue weighted by atomic mass is 79.9. The van der Waals surface area contributed by atoms with Crippen LogP contribution in [0.2, 0.25) is 5.15 Å². The summed E-state index contributed by atoms with van der Waals surface area (Å²) in [5.41, 5.74) is 0.585. The van der Waals surface area contributed by atoms with Gasteiger partial charge < -0.3 is 26.5 Å². The van der Waals surface area contributed by atoms with Crippen molar-refractivity contribution < 1.29 is 35.8 Å². The second-order valence-electron chi connectivity index (χ2n) is 4.43. The quantitative estimate of drug-likeness (QED) is 0.407. The van der Waals surface area contributed by atoms with Crippen molar-refractivity contribution in [3.05, 3.63) is 53.3 Å². The molecule has 0 N–H and O–H groups in total. The number of halogens is 2. The van der Waals surface area contributed by atoms with Crippen LogP contribution in [0.5, 0.6) is 11.5 Å². The van der Waals surface area contributed by atoms with Gasteiger partial charge in [-0.3, -0.25) is 4.79 Å². The van der Waals surface area contributed by atoms with Crippen LogP contribution in [0, 0.1) is 0 Å². The number of carbonyl (C=O) groups excluding carboxylic acids is 1. The molecular formula is C15H13BrClNO3. The van der Waals surface area contributed by atoms with Crippen LogP contribution in [0.4, 0.5) is 0 Å². The molecular weight excluding hydrogens is 358 g/mol. The molecule has 0 spiro atoms. The average Bonchev–Trinajstić information content (AvgIpc) is 2.49. The van der Waals surface area contributed by atoms with Crippen LogP contribution in [0.3, 0.4) is 0 Å². The van der Waals surface area contributed by atoms with Crippen LogP contribution in [0.15, 0.2) is 42.6 Å². The van der Waals surface area contributed by atoms with Crippen molar-refractivity contribution >= 4 is 17.4 Å². The summed E-state index contributed by atoms with van der Waals surface area (Å²) in [6, 6.07) is 10.6. The maximum absolute atomic E-state index is 12.3. The van der Waals surface area contributed by atoms with Gasteiger partial charge in [0.15, 0.2) is 17.7 Å². The first-order valence-corrected chi connectivity index (χ1v) is 6.68. The van der Waals surface area contributed by atoms with Crippen LogP contribution in [-0.4, -0.2) is 19.0 Å². The topological polar surface area (TPSA) is 39.4 Å². The lowest BCUT2D eigenvalue weighted by Crippen LogP contribution is -3.00. The first kappa shape index (κ1) is 15.8. The Morgan fingerprint density at radius 2 is 1.90 bits per heavy atom. The number of carbonyl (C=O) groups is 1. The molecule has 1 aromatic carbocycles. The van der Waals surface area contributed by atoms with Crippen LogP contribution >= 0.6 is 11.6 Å². The lowest BCUT2D eigenvalue weighted by Gasteiger charge is -2.18. The predicted molar refractivity (Wildman–Crippen MR) is 73.4 cm³/mol. The van der Waals surface area contributed by atoms with Crippen molar-refractivity contribution in [2.45, 2.75) is 6.54 Å². The van der Waals surface area contributed by atoms with Gasteiger partial charge in [-0.05, 0) is 35.9 Å². The Morgan fingerprint density at radius 3 is 2.67 bits per heavy atom. The highest BCUT2D eigenvalue weighted by Gasteiger charge is 2.18. The van der Waals surface area contributed by atoms with E-state index in [1.54, 1.807) is 35.0 Å². The van der Waals surface area contributed by atoms with E-state index >= 15 is 0 Å². The number of hydrogen-bond acceptors (Lipinski definition) is 3. The molecule has 0 radical (unpaired) electrons. The number of aromatic nitrogens is 1. The molecule has 0 aliphatic carbocycles. The van der Waals surface area contributed by atoms with Gasteiger partial charge >= 0.3 is 0 Å². The molecule has 0 bridgehead atoms. The normalized spacial score (nSPS) is 12.4. The van der Waals surface area contributed by atoms with Gasteiger partial charge in [0, 0.05) is 17.7 Å². The summed E-state index contributed by atoms with van der Waals surface area (Å²) in [6.45, 7) is 1.24. The number of hydrogen-bond donors (Lipinski definition) is 0. The smallest absolute Gasteiger partial charge is 0.275 e. The monoisotopic (exact) mass is 369 g/mol. The Morgan fingerprint density at radius 1 is 1.14 bits per heavy atom. The van der Waals surface area contributed by atoms with Gasteiger partial charge in [-0.15, -0.1) is 0 Å². The van der Waals surface area contributed by atoms with Crippen molar-refractivity contribution in [1.82, 2.24) is 0 Å². The zero-order chi connectivity index (χ0) is 13.9. The molecule has 3 rings (SSSR count). The summed E-state index contributed by atoms with van der Waals surface area (Å²) in [6.07, 6.45) is 1.78. The second kappa shape index (κ2) is 6.91. The van der Waals surface area contributed by atoms with Gasteiger partial charge in [0.2, 0.25) is 12.3 Å². The van der Waals surface area contributed by atoms with E-state index in [9.17, 15) is 4.79 Å². The minimum Gasteiger partial charge on any atom is -1.00 e. The molecule has 0 saturated carbocycles. The van der Waals surface area contributed by atoms with E-state index in [0.29, 0.717) is 35.4 Å². The molecule has 0 unspecified atom stereocenters. The molecule has 1 aliphatic heterocycles. The molecule has 2 heterocycles. The standard InChI is InChI=1S/C15H13ClNO3.BrH/c16-15-3-1-2-6-17(15)10-12(18)11-4-5-13-14(9-11)20-8-7-19-13;/h1-6,9H,7-8,10H2;1H/q+1;/p-1. The first-order chi connectivity index (χ1) is 9.74. The fourth-order valence-corrected chi connectivity index (χ4v) is 2.24. The number of rotatable bonds is 3. The van der Waals surface area contributed by atoms with E-state index in [-0.39, 0.29) is 29.3 Å². The van der Waals surface area contributed by atoms with E-state index in [0.717, 1.165) is 0 Å². The Kier molecular flexibility index (Phi) is 5.20. The van der Waals surface area contributed by atoms with Crippen molar-refractivity contribution in [2.24, 2.45) is 0 Å². The number of benzene rings is 1. The number of fused-ring (bicyclic) bond motifs is 1. The SMILES string of the molecule is O=C(C[n+]1ccccc1Cl)c1ccc2c(c1)OCCO2.[Br-]. The zero-order valence-electron chi connectivity index (χ0n) is 11.1. The van der Waals surface area contributed by atoms with Crippen molar-refractivity contribution in [3.63, 3.8) is 0 Å². The van der Waals surface area contributed by atoms with Gasteiger partial charge in [-0.1, -0.05) is 0 Å². The van der Waals surface area contributed by atoms with E-state index < -0.39 is 0 Å². The fraction of sp³-hybridized carbons (Fsp3) is 0.200. The van der Waals surface area contributed by atoms with Crippen LogP contribution < -0.4 is 31.0 Å². The van der Waals surface area contributed by atoms with Crippen molar-refractivity contribution in [1.29, 1.82) is 0 Å². The zero-order valence-corrected chi connectivity index (χ0v) is 13.4. The molecule has 0 saturated heterocycles. The predicted octanol–water partition coefficient (Wildman–Crippen LogP) is -0.714. The number of pyridine rings is 1. The summed E-state index contributed by atoms with van der Waals surface area (Å²) in [5, 5.41) is 0.526. The number of ether oxygens (including phenoxy) is 2. The molecule has 6 heteroatoms. The third-order valence-electron chi connectivity index (χ3n) is 3.06. The lowest BCUT2D eigenvalue weighted by atomic mass is 10.1. The molecule has 1 aliphatic rings. The van der Waals surface area contributed by atoms with E-state index in [2.05, 4.69) is 0 Å². The molecule has 1 aromatic heterocycles. The maximum atomic E-state index is 12.3. The highest BCUT2D eigenvalue weighted by Crippen LogP contribution is 2.30. The fourth-order valence-electron chi connectivity index (χ4n) is 2.05. The minimum atomic E-state index is -0.0277. The Bertz CT molecular complexity index is 663. The molecule has 0 amide bonds. The maximum Gasteiger partial charge on any atom is 0.275 e. The number of ketones is 1. The second-order valence-corrected chi connectivity index (χ2v) is 4.82. The Labute approximate surface area is 138 Å². The minimum absolute atomic E-state index is 0. The van der Waals surface area contributed by atoms with Crippen LogP contribution in [-0.2, 0) is 6.54 Å². The van der Waals surface area contributed by atoms with Gasteiger partial charge in [0.1, 0.15) is 13.2 Å². The van der Waals surface area contributed by atoms with Crippen LogP contribution in [0.1, 0.15) is 10.4 Å². The largest absolute Gasteiger partial charge is 1.00 e. The molecule has 0 atom stereocenters. The molecule has 0 fully saturated rings. The van der Waals surface area contributed by atoms with Crippen molar-refractivity contribution in [3.8, 4) is 11.5 Å². The van der Waals surface area contributed by atoms with Gasteiger partial charge in [0.25, 0.3) is 5.15 Å². The average molecular weight is 371 g/mol. The Balaban J connectivity index is 0.00000161. The Hall–Kier alpha value is -1.59. The van der Waals surface area contributed by atoms with E-state index in [4.69, 9.17) is 21.1 Å². The van der Waals surface area contributed by atoms with Crippen LogP contribution in [0.25, 0.3) is 0 Å². The van der Waals surface area contributed by atoms with E-state index in [1.807, 2.05) is 12.1 Å². The molecule has 2 aromatic rings. The summed E-state index contributed by atoms with van der Waals surface area (Å²) in [4.78, 5) is 12.3. The lowest BCUT2D eigenvalue weighted by molar-refractivity contribution is -0.681. The summed E-state index contributed by atoms with van der Waals surface area (Å²) < 4.78 is 12.6. The summed E-state index contributed by atoms with van der Waals surface area (Å²) in [5.74, 6) is 1.27. The highest BCUT2D eigenvalue weighted by molar-refractivity contribution is 6.28. The first-order valence-electron chi connectivity index (χ1n) is 6.31. The number of Topliss-reactive ketones (excluding diaryl/α,β-unsaturated/α-hetero) is 1. The van der Waals surface area contributed by atoms with E-state index in [1.165, 1.54) is 0 Å². The summed E-state index contributed by atoms with van der Waals surface area (Å²) in [7, 11) is 0. The third kappa shape index (κ3) is 3.54. The molecule has 4 nitrogen and oxygen atoms in total. The number of nitrogens with zero attached hydrogens (tertiary/aromatic N) is 1. The van der Waals surface area contributed by atoms with Gasteiger partial charge in [-0.25, -0.2) is 0 Å². The van der Waals surface area contributed by atoms with Gasteiger partial charge in [0.05, 0.1) is 0 Å². The molecule has 110 valence electrons. The molecule has 21 heavy (non-hydrogen) atoms. The third-order valence-corrected chi connectivity index (χ3v) is 3.41. The summed E-state index contributed by atoms with van der Waals surface area (Å²) >= 11 is 6.04. The van der Waals surface area contributed by atoms with Crippen molar-refractivity contribution in [2.75, 3.05) is 13.2 Å². The van der Waals surface area contributed by atoms with Gasteiger partial charge in [-0.2, -0.15) is 4.57 Å².